The van der Waals surface area contributed by atoms with Crippen molar-refractivity contribution in [3.8, 4) is 11.5 Å². The van der Waals surface area contributed by atoms with Crippen LogP contribution in [0.2, 0.25) is 0 Å². The summed E-state index contributed by atoms with van der Waals surface area (Å²) >= 11 is 6.58. The van der Waals surface area contributed by atoms with Gasteiger partial charge in [0.05, 0.1) is 16.9 Å². The maximum Gasteiger partial charge on any atom is 0.266 e. The standard InChI is InChI=1S/C23H25N3O6S3/c1-32-19-13-15(6-11-18(19)27)14-20-22(29)26(23(33)34-20)12-4-2-3-5-21(28)25-16-7-9-17(10-8-16)35(24,30)31/h6-11,13-14,27H,2-5,12H2,1H3,(H,25,28)(H2,24,30,31)/b20-14-. The van der Waals surface area contributed by atoms with Crippen LogP contribution in [0.25, 0.3) is 6.08 Å². The molecule has 186 valence electrons. The van der Waals surface area contributed by atoms with Gasteiger partial charge >= 0.3 is 0 Å². The largest absolute Gasteiger partial charge is 0.504 e. The van der Waals surface area contributed by atoms with Gasteiger partial charge in [0.1, 0.15) is 4.32 Å². The van der Waals surface area contributed by atoms with E-state index in [1.165, 1.54) is 49.2 Å². The van der Waals surface area contributed by atoms with Crippen LogP contribution >= 0.6 is 24.0 Å². The number of nitrogens with zero attached hydrogens (tertiary/aromatic N) is 1. The van der Waals surface area contributed by atoms with Crippen LogP contribution in [0.5, 0.6) is 11.5 Å². The van der Waals surface area contributed by atoms with E-state index >= 15 is 0 Å². The van der Waals surface area contributed by atoms with Crippen LogP contribution in [-0.4, -0.2) is 48.2 Å². The number of benzene rings is 2. The molecule has 1 saturated heterocycles. The lowest BCUT2D eigenvalue weighted by molar-refractivity contribution is -0.122. The molecular weight excluding hydrogens is 510 g/mol. The van der Waals surface area contributed by atoms with Gasteiger partial charge in [-0.1, -0.05) is 36.5 Å². The van der Waals surface area contributed by atoms with Gasteiger partial charge in [-0.25, -0.2) is 13.6 Å². The average molecular weight is 536 g/mol. The number of phenols is 1. The molecule has 2 aromatic rings. The Kier molecular flexibility index (Phi) is 8.89. The third-order valence-electron chi connectivity index (χ3n) is 5.13. The molecule has 12 heteroatoms. The number of anilines is 1. The first-order chi connectivity index (χ1) is 16.6. The smallest absolute Gasteiger partial charge is 0.266 e. The molecule has 1 aliphatic rings. The Balaban J connectivity index is 1.43. The van der Waals surface area contributed by atoms with Crippen molar-refractivity contribution in [3.05, 3.63) is 52.9 Å². The zero-order chi connectivity index (χ0) is 25.6. The SMILES string of the molecule is COc1cc(/C=C2\SC(=S)N(CCCCCC(=O)Nc3ccc(S(N)(=O)=O)cc3)C2=O)ccc1O. The van der Waals surface area contributed by atoms with E-state index in [4.69, 9.17) is 22.1 Å². The van der Waals surface area contributed by atoms with Crippen molar-refractivity contribution in [1.29, 1.82) is 0 Å². The zero-order valence-electron chi connectivity index (χ0n) is 18.9. The average Bonchev–Trinajstić information content (AvgIpc) is 3.07. The van der Waals surface area contributed by atoms with Crippen LogP contribution in [0.1, 0.15) is 31.2 Å². The number of thiocarbonyl (C=S) groups is 1. The number of aromatic hydroxyl groups is 1. The van der Waals surface area contributed by atoms with Crippen LogP contribution < -0.4 is 15.2 Å². The van der Waals surface area contributed by atoms with Gasteiger partial charge in [0, 0.05) is 18.7 Å². The van der Waals surface area contributed by atoms with Crippen LogP contribution in [-0.2, 0) is 19.6 Å². The molecule has 0 bridgehead atoms. The highest BCUT2D eigenvalue weighted by Crippen LogP contribution is 2.34. The first-order valence-corrected chi connectivity index (χ1v) is 13.4. The van der Waals surface area contributed by atoms with Gasteiger partial charge in [-0.15, -0.1) is 0 Å². The summed E-state index contributed by atoms with van der Waals surface area (Å²) in [7, 11) is -2.32. The van der Waals surface area contributed by atoms with Crippen LogP contribution in [0, 0.1) is 0 Å². The van der Waals surface area contributed by atoms with Gasteiger partial charge in [0.25, 0.3) is 5.91 Å². The van der Waals surface area contributed by atoms with E-state index < -0.39 is 10.0 Å². The molecule has 1 fully saturated rings. The molecule has 1 heterocycles. The molecule has 0 spiro atoms. The van der Waals surface area contributed by atoms with E-state index in [-0.39, 0.29) is 28.9 Å². The van der Waals surface area contributed by atoms with E-state index in [2.05, 4.69) is 5.32 Å². The van der Waals surface area contributed by atoms with Crippen molar-refractivity contribution in [1.82, 2.24) is 4.90 Å². The summed E-state index contributed by atoms with van der Waals surface area (Å²) in [5, 5.41) is 17.5. The number of amides is 2. The maximum atomic E-state index is 12.8. The summed E-state index contributed by atoms with van der Waals surface area (Å²) in [6.45, 7) is 0.456. The maximum absolute atomic E-state index is 12.8. The monoisotopic (exact) mass is 535 g/mol. The van der Waals surface area contributed by atoms with E-state index in [1.54, 1.807) is 23.1 Å². The number of ether oxygens (including phenoxy) is 1. The Bertz CT molecular complexity index is 1260. The van der Waals surface area contributed by atoms with E-state index in [0.29, 0.717) is 45.6 Å². The lowest BCUT2D eigenvalue weighted by atomic mass is 10.1. The fourth-order valence-corrected chi connectivity index (χ4v) is 5.14. The number of nitrogens with two attached hydrogens (primary N) is 1. The quantitative estimate of drug-likeness (QED) is 0.239. The second-order valence-electron chi connectivity index (χ2n) is 7.69. The molecule has 0 radical (unpaired) electrons. The molecule has 0 aromatic heterocycles. The number of thioether (sulfide) groups is 1. The molecular formula is C23H25N3O6S3. The van der Waals surface area contributed by atoms with E-state index in [1.807, 2.05) is 0 Å². The van der Waals surface area contributed by atoms with Crippen LogP contribution in [0.15, 0.2) is 52.3 Å². The molecule has 3 rings (SSSR count). The minimum atomic E-state index is -3.78. The predicted octanol–water partition coefficient (Wildman–Crippen LogP) is 3.45. The molecule has 0 saturated carbocycles. The molecule has 0 unspecified atom stereocenters. The highest BCUT2D eigenvalue weighted by atomic mass is 32.2. The number of sulfonamides is 1. The first-order valence-electron chi connectivity index (χ1n) is 10.6. The number of carbonyl (C=O) groups excluding carboxylic acids is 2. The number of phenolic OH excluding ortho intramolecular Hbond substituents is 1. The lowest BCUT2D eigenvalue weighted by Gasteiger charge is -2.14. The third kappa shape index (κ3) is 7.28. The summed E-state index contributed by atoms with van der Waals surface area (Å²) < 4.78 is 28.1. The zero-order valence-corrected chi connectivity index (χ0v) is 21.3. The number of nitrogens with one attached hydrogen (secondary N) is 1. The van der Waals surface area contributed by atoms with Gasteiger partial charge in [-0.3, -0.25) is 14.5 Å². The Hall–Kier alpha value is -2.93. The number of primary sulfonamides is 1. The summed E-state index contributed by atoms with van der Waals surface area (Å²) in [6.07, 6.45) is 4.03. The minimum absolute atomic E-state index is 0.0193. The predicted molar refractivity (Wildman–Crippen MR) is 139 cm³/mol. The molecule has 9 nitrogen and oxygen atoms in total. The number of rotatable bonds is 10. The molecule has 0 aliphatic carbocycles. The van der Waals surface area contributed by atoms with Gasteiger partial charge in [0.15, 0.2) is 11.5 Å². The highest BCUT2D eigenvalue weighted by Gasteiger charge is 2.31. The minimum Gasteiger partial charge on any atom is -0.504 e. The second kappa shape index (κ2) is 11.7. The summed E-state index contributed by atoms with van der Waals surface area (Å²) in [5.41, 5.74) is 1.20. The van der Waals surface area contributed by atoms with Crippen molar-refractivity contribution in [2.24, 2.45) is 5.14 Å². The van der Waals surface area contributed by atoms with Crippen molar-refractivity contribution in [2.75, 3.05) is 19.0 Å². The van der Waals surface area contributed by atoms with Gasteiger partial charge < -0.3 is 15.2 Å². The van der Waals surface area contributed by atoms with Crippen LogP contribution in [0.4, 0.5) is 5.69 Å². The van der Waals surface area contributed by atoms with Gasteiger partial charge in [-0.2, -0.15) is 0 Å². The first kappa shape index (κ1) is 26.7. The molecule has 1 aliphatic heterocycles. The summed E-state index contributed by atoms with van der Waals surface area (Å²) in [4.78, 5) is 26.9. The molecule has 4 N–H and O–H groups in total. The Morgan fingerprint density at radius 1 is 1.20 bits per heavy atom. The van der Waals surface area contributed by atoms with E-state index in [0.717, 1.165) is 6.42 Å². The number of carbonyl (C=O) groups is 2. The third-order valence-corrected chi connectivity index (χ3v) is 7.43. The van der Waals surface area contributed by atoms with Crippen molar-refractivity contribution in [3.63, 3.8) is 0 Å². The lowest BCUT2D eigenvalue weighted by Crippen LogP contribution is -2.29. The Labute approximate surface area is 213 Å². The molecule has 35 heavy (non-hydrogen) atoms. The van der Waals surface area contributed by atoms with Crippen LogP contribution in [0.3, 0.4) is 0 Å². The molecule has 2 amide bonds. The Morgan fingerprint density at radius 3 is 2.57 bits per heavy atom. The number of hydrogen-bond acceptors (Lipinski definition) is 8. The van der Waals surface area contributed by atoms with Crippen molar-refractivity contribution >= 4 is 61.9 Å². The highest BCUT2D eigenvalue weighted by molar-refractivity contribution is 8.26. The second-order valence-corrected chi connectivity index (χ2v) is 10.9. The number of methoxy groups -OCH3 is 1. The molecule has 0 atom stereocenters. The van der Waals surface area contributed by atoms with Crippen molar-refractivity contribution in [2.45, 2.75) is 30.6 Å². The van der Waals surface area contributed by atoms with Gasteiger partial charge in [-0.05, 0) is 60.9 Å². The summed E-state index contributed by atoms with van der Waals surface area (Å²) in [6, 6.07) is 10.5. The number of unbranched alkanes of at least 4 members (excludes halogenated alkanes) is 2. The normalized spacial score (nSPS) is 15.0. The van der Waals surface area contributed by atoms with E-state index in [9.17, 15) is 23.1 Å². The summed E-state index contributed by atoms with van der Waals surface area (Å²) in [5.74, 6) is -0.0245. The molecule has 2 aromatic carbocycles. The Morgan fingerprint density at radius 2 is 1.91 bits per heavy atom. The van der Waals surface area contributed by atoms with Crippen molar-refractivity contribution < 1.29 is 27.9 Å². The fraction of sp³-hybridized carbons (Fsp3) is 0.261. The fourth-order valence-electron chi connectivity index (χ4n) is 3.31. The number of hydrogen-bond donors (Lipinski definition) is 3. The topological polar surface area (TPSA) is 139 Å². The van der Waals surface area contributed by atoms with Gasteiger partial charge in [0.2, 0.25) is 15.9 Å².